The van der Waals surface area contributed by atoms with Crippen LogP contribution in [-0.4, -0.2) is 32.1 Å². The fourth-order valence-corrected chi connectivity index (χ4v) is 0.830. The molecule has 0 aromatic heterocycles. The molecule has 0 saturated heterocycles. The second-order valence-corrected chi connectivity index (χ2v) is 2.73. The molecule has 0 rings (SSSR count). The van der Waals surface area contributed by atoms with Crippen molar-refractivity contribution in [3.63, 3.8) is 0 Å². The van der Waals surface area contributed by atoms with Crippen LogP contribution in [0.5, 0.6) is 0 Å². The first kappa shape index (κ1) is 11.4. The first-order valence-electron chi connectivity index (χ1n) is 4.42. The minimum Gasteiger partial charge on any atom is -0.356 e. The van der Waals surface area contributed by atoms with Gasteiger partial charge < -0.3 is 16.4 Å². The summed E-state index contributed by atoms with van der Waals surface area (Å²) in [6.07, 6.45) is 1.99. The molecule has 4 nitrogen and oxygen atoms in total. The highest BCUT2D eigenvalue weighted by molar-refractivity contribution is 5.72. The number of hydrogen-bond acceptors (Lipinski definition) is 3. The molecule has 0 fully saturated rings. The smallest absolute Gasteiger partial charge is 0.216 e. The predicted molar refractivity (Wildman–Crippen MR) is 49.8 cm³/mol. The van der Waals surface area contributed by atoms with E-state index in [4.69, 9.17) is 5.73 Å². The Morgan fingerprint density at radius 1 is 1.25 bits per heavy atom. The number of rotatable bonds is 7. The molecule has 0 saturated carbocycles. The Morgan fingerprint density at radius 2 is 1.92 bits per heavy atom. The molecule has 0 heterocycles. The van der Waals surface area contributed by atoms with Gasteiger partial charge in [0.2, 0.25) is 5.91 Å². The van der Waals surface area contributed by atoms with Crippen LogP contribution in [0, 0.1) is 0 Å². The molecule has 0 spiro atoms. The second-order valence-electron chi connectivity index (χ2n) is 2.73. The second kappa shape index (κ2) is 8.49. The van der Waals surface area contributed by atoms with Crippen molar-refractivity contribution in [2.45, 2.75) is 19.8 Å². The van der Waals surface area contributed by atoms with E-state index in [0.29, 0.717) is 0 Å². The lowest BCUT2D eigenvalue weighted by Crippen LogP contribution is -2.26. The normalized spacial score (nSPS) is 9.83. The quantitative estimate of drug-likeness (QED) is 0.453. The highest BCUT2D eigenvalue weighted by atomic mass is 16.1. The van der Waals surface area contributed by atoms with Crippen molar-refractivity contribution in [3.8, 4) is 0 Å². The zero-order chi connectivity index (χ0) is 9.23. The summed E-state index contributed by atoms with van der Waals surface area (Å²) < 4.78 is 0. The van der Waals surface area contributed by atoms with Crippen LogP contribution in [0.15, 0.2) is 0 Å². The van der Waals surface area contributed by atoms with Crippen LogP contribution in [0.1, 0.15) is 19.8 Å². The topological polar surface area (TPSA) is 67.2 Å². The van der Waals surface area contributed by atoms with Gasteiger partial charge >= 0.3 is 0 Å². The van der Waals surface area contributed by atoms with Crippen molar-refractivity contribution < 1.29 is 4.79 Å². The van der Waals surface area contributed by atoms with Crippen LogP contribution in [0.2, 0.25) is 0 Å². The lowest BCUT2D eigenvalue weighted by atomic mass is 10.4. The molecule has 4 heteroatoms. The largest absolute Gasteiger partial charge is 0.356 e. The summed E-state index contributed by atoms with van der Waals surface area (Å²) in [7, 11) is 0. The van der Waals surface area contributed by atoms with E-state index in [0.717, 1.165) is 39.0 Å². The van der Waals surface area contributed by atoms with Gasteiger partial charge in [-0.1, -0.05) is 0 Å². The fourth-order valence-electron chi connectivity index (χ4n) is 0.830. The Labute approximate surface area is 73.9 Å². The lowest BCUT2D eigenvalue weighted by molar-refractivity contribution is -0.118. The summed E-state index contributed by atoms with van der Waals surface area (Å²) in [6.45, 7) is 4.93. The monoisotopic (exact) mass is 173 g/mol. The van der Waals surface area contributed by atoms with Gasteiger partial charge in [0.25, 0.3) is 0 Å². The van der Waals surface area contributed by atoms with Crippen molar-refractivity contribution >= 4 is 5.91 Å². The van der Waals surface area contributed by atoms with Crippen LogP contribution < -0.4 is 16.4 Å². The number of hydrogen-bond donors (Lipinski definition) is 3. The average molecular weight is 173 g/mol. The maximum Gasteiger partial charge on any atom is 0.216 e. The standard InChI is InChI=1S/C8H19N3O/c1-8(12)11-7-3-6-10-5-2-4-9/h10H,2-7,9H2,1H3,(H,11,12). The Bertz CT molecular complexity index is 117. The van der Waals surface area contributed by atoms with Crippen LogP contribution in [0.25, 0.3) is 0 Å². The van der Waals surface area contributed by atoms with Crippen molar-refractivity contribution in [3.05, 3.63) is 0 Å². The number of carbonyl (C=O) groups excluding carboxylic acids is 1. The van der Waals surface area contributed by atoms with E-state index in [1.807, 2.05) is 0 Å². The predicted octanol–water partition coefficient (Wildman–Crippen LogP) is -0.549. The first-order valence-corrected chi connectivity index (χ1v) is 4.42. The molecule has 1 amide bonds. The van der Waals surface area contributed by atoms with E-state index < -0.39 is 0 Å². The van der Waals surface area contributed by atoms with E-state index in [-0.39, 0.29) is 5.91 Å². The van der Waals surface area contributed by atoms with Gasteiger partial charge in [0.1, 0.15) is 0 Å². The highest BCUT2D eigenvalue weighted by Crippen LogP contribution is 1.75. The van der Waals surface area contributed by atoms with Gasteiger partial charge in [0.05, 0.1) is 0 Å². The molecular weight excluding hydrogens is 154 g/mol. The minimum absolute atomic E-state index is 0.0389. The van der Waals surface area contributed by atoms with Crippen LogP contribution >= 0.6 is 0 Å². The fraction of sp³-hybridized carbons (Fsp3) is 0.875. The first-order chi connectivity index (χ1) is 5.77. The zero-order valence-corrected chi connectivity index (χ0v) is 7.73. The molecule has 0 unspecified atom stereocenters. The molecular formula is C8H19N3O. The molecule has 0 aromatic carbocycles. The summed E-state index contributed by atoms with van der Waals surface area (Å²) in [4.78, 5) is 10.4. The Kier molecular flexibility index (Phi) is 8.05. The highest BCUT2D eigenvalue weighted by Gasteiger charge is 1.90. The van der Waals surface area contributed by atoms with E-state index in [9.17, 15) is 4.79 Å². The molecule has 0 atom stereocenters. The van der Waals surface area contributed by atoms with Gasteiger partial charge in [0, 0.05) is 13.5 Å². The summed E-state index contributed by atoms with van der Waals surface area (Å²) in [5.74, 6) is 0.0389. The molecule has 0 aliphatic rings. The molecule has 72 valence electrons. The van der Waals surface area contributed by atoms with Gasteiger partial charge in [-0.15, -0.1) is 0 Å². The van der Waals surface area contributed by atoms with Crippen LogP contribution in [0.3, 0.4) is 0 Å². The van der Waals surface area contributed by atoms with Gasteiger partial charge in [0.15, 0.2) is 0 Å². The van der Waals surface area contributed by atoms with Crippen molar-refractivity contribution in [1.29, 1.82) is 0 Å². The van der Waals surface area contributed by atoms with Gasteiger partial charge in [-0.05, 0) is 32.5 Å². The van der Waals surface area contributed by atoms with Gasteiger partial charge in [-0.2, -0.15) is 0 Å². The lowest BCUT2D eigenvalue weighted by Gasteiger charge is -2.03. The number of carbonyl (C=O) groups is 1. The maximum atomic E-state index is 10.4. The minimum atomic E-state index is 0.0389. The molecule has 0 aliphatic carbocycles. The molecule has 12 heavy (non-hydrogen) atoms. The summed E-state index contributed by atoms with van der Waals surface area (Å²) in [6, 6.07) is 0. The van der Waals surface area contributed by atoms with Crippen molar-refractivity contribution in [2.24, 2.45) is 5.73 Å². The van der Waals surface area contributed by atoms with E-state index in [2.05, 4.69) is 10.6 Å². The molecule has 0 aliphatic heterocycles. The SMILES string of the molecule is CC(=O)NCCCNCCCN. The molecule has 0 radical (unpaired) electrons. The third kappa shape index (κ3) is 9.39. The van der Waals surface area contributed by atoms with Crippen molar-refractivity contribution in [2.75, 3.05) is 26.2 Å². The van der Waals surface area contributed by atoms with E-state index in [1.165, 1.54) is 6.92 Å². The van der Waals surface area contributed by atoms with E-state index in [1.54, 1.807) is 0 Å². The number of nitrogens with one attached hydrogen (secondary N) is 2. The Morgan fingerprint density at radius 3 is 2.50 bits per heavy atom. The summed E-state index contributed by atoms with van der Waals surface area (Å²) in [5.41, 5.74) is 5.31. The summed E-state index contributed by atoms with van der Waals surface area (Å²) in [5, 5.41) is 5.96. The van der Waals surface area contributed by atoms with Crippen LogP contribution in [-0.2, 0) is 4.79 Å². The Hall–Kier alpha value is -0.610. The zero-order valence-electron chi connectivity index (χ0n) is 7.73. The van der Waals surface area contributed by atoms with E-state index >= 15 is 0 Å². The van der Waals surface area contributed by atoms with Crippen molar-refractivity contribution in [1.82, 2.24) is 10.6 Å². The molecule has 0 bridgehead atoms. The third-order valence-electron chi connectivity index (χ3n) is 1.46. The maximum absolute atomic E-state index is 10.4. The molecule has 0 aromatic rings. The van der Waals surface area contributed by atoms with Gasteiger partial charge in [-0.3, -0.25) is 4.79 Å². The average Bonchev–Trinajstić information content (AvgIpc) is 2.02. The van der Waals surface area contributed by atoms with Gasteiger partial charge in [-0.25, -0.2) is 0 Å². The number of amides is 1. The third-order valence-corrected chi connectivity index (χ3v) is 1.46. The van der Waals surface area contributed by atoms with Crippen LogP contribution in [0.4, 0.5) is 0 Å². The number of nitrogens with two attached hydrogens (primary N) is 1. The molecule has 4 N–H and O–H groups in total. The Balaban J connectivity index is 2.86. The summed E-state index contributed by atoms with van der Waals surface area (Å²) >= 11 is 0.